The van der Waals surface area contributed by atoms with Crippen molar-refractivity contribution >= 4 is 40.0 Å². The van der Waals surface area contributed by atoms with Crippen molar-refractivity contribution in [3.05, 3.63) is 78.0 Å². The molecule has 1 aliphatic heterocycles. The van der Waals surface area contributed by atoms with Crippen LogP contribution in [0.3, 0.4) is 0 Å². The van der Waals surface area contributed by atoms with Gasteiger partial charge in [0, 0.05) is 38.3 Å². The molecule has 1 aromatic heterocycles. The Morgan fingerprint density at radius 2 is 1.77 bits per heavy atom. The highest BCUT2D eigenvalue weighted by molar-refractivity contribution is 7.92. The molecule has 0 radical (unpaired) electrons. The Labute approximate surface area is 256 Å². The number of carbonyl (C=O) groups excluding carboxylic acids is 1. The molecule has 10 nitrogen and oxygen atoms in total. The van der Waals surface area contributed by atoms with Crippen molar-refractivity contribution in [1.82, 2.24) is 14.8 Å². The lowest BCUT2D eigenvalue weighted by Gasteiger charge is -2.38. The molecule has 43 heavy (non-hydrogen) atoms. The van der Waals surface area contributed by atoms with Crippen LogP contribution in [0.1, 0.15) is 38.2 Å². The van der Waals surface area contributed by atoms with Gasteiger partial charge in [-0.25, -0.2) is 32.5 Å². The van der Waals surface area contributed by atoms with E-state index >= 15 is 0 Å². The Hall–Kier alpha value is -3.68. The number of nitrogens with one attached hydrogen (secondary N) is 2. The molecule has 1 amide bonds. The van der Waals surface area contributed by atoms with Crippen LogP contribution in [0, 0.1) is 11.6 Å². The number of sulfonamides is 1. The van der Waals surface area contributed by atoms with Crippen LogP contribution in [0.4, 0.5) is 25.1 Å². The largest absolute Gasteiger partial charge is 0.456 e. The highest BCUT2D eigenvalue weighted by Crippen LogP contribution is 2.24. The Balaban J connectivity index is 0.00000506. The fraction of sp³-hybridized carbons (Fsp3) is 0.379. The number of anilines is 2. The maximum Gasteiger partial charge on any atom is 0.434 e. The number of amides is 1. The van der Waals surface area contributed by atoms with E-state index in [1.54, 1.807) is 11.0 Å². The normalized spacial score (nSPS) is 14.0. The minimum absolute atomic E-state index is 0. The Morgan fingerprint density at radius 1 is 1.07 bits per heavy atom. The summed E-state index contributed by atoms with van der Waals surface area (Å²) in [5, 5.41) is 0. The summed E-state index contributed by atoms with van der Waals surface area (Å²) >= 11 is 0. The van der Waals surface area contributed by atoms with Crippen molar-refractivity contribution in [3.63, 3.8) is 0 Å². The number of piperidine rings is 1. The van der Waals surface area contributed by atoms with Gasteiger partial charge in [-0.2, -0.15) is 0 Å². The van der Waals surface area contributed by atoms with Gasteiger partial charge in [-0.3, -0.25) is 9.62 Å². The van der Waals surface area contributed by atoms with Crippen LogP contribution in [-0.4, -0.2) is 61.2 Å². The molecule has 0 aliphatic carbocycles. The van der Waals surface area contributed by atoms with Crippen LogP contribution in [-0.2, 0) is 21.4 Å². The Bertz CT molecular complexity index is 1440. The van der Waals surface area contributed by atoms with Crippen LogP contribution >= 0.6 is 12.4 Å². The molecule has 1 aliphatic rings. The zero-order valence-electron chi connectivity index (χ0n) is 24.0. The first kappa shape index (κ1) is 33.8. The standard InChI is InChI=1S/C29H35F2N5O5S.ClH/c1-3-4-15-36(29(37)41-33-27-11-7-22(30)18-26(27)31)23-13-16-35(17-14-23)20-21-5-8-24(9-6-21)40-25-10-12-28(32-19-25)34-42(2,38)39;/h5-12,18-19,23,33H,3-4,13-17,20H2,1-2H3,(H,32,34);1H. The molecule has 0 unspecified atom stereocenters. The quantitative estimate of drug-likeness (QED) is 0.226. The third-order valence-electron chi connectivity index (χ3n) is 6.76. The molecule has 0 spiro atoms. The summed E-state index contributed by atoms with van der Waals surface area (Å²) in [6.45, 7) is 4.89. The summed E-state index contributed by atoms with van der Waals surface area (Å²) in [5.41, 5.74) is 3.33. The molecule has 4 rings (SSSR count). The molecule has 3 aromatic rings. The number of halogens is 3. The van der Waals surface area contributed by atoms with E-state index in [0.717, 1.165) is 69.3 Å². The summed E-state index contributed by atoms with van der Waals surface area (Å²) < 4.78 is 57.8. The molecule has 1 saturated heterocycles. The first-order valence-corrected chi connectivity index (χ1v) is 15.6. The number of benzene rings is 2. The number of unbranched alkanes of at least 4 members (excludes halogenated alkanes) is 1. The first-order valence-electron chi connectivity index (χ1n) is 13.7. The number of rotatable bonds is 12. The summed E-state index contributed by atoms with van der Waals surface area (Å²) in [5.74, 6) is -0.233. The lowest BCUT2D eigenvalue weighted by molar-refractivity contribution is 0.0749. The maximum absolute atomic E-state index is 13.9. The molecule has 234 valence electrons. The Morgan fingerprint density at radius 3 is 2.37 bits per heavy atom. The van der Waals surface area contributed by atoms with Crippen LogP contribution in [0.2, 0.25) is 0 Å². The van der Waals surface area contributed by atoms with Crippen LogP contribution in [0.5, 0.6) is 11.5 Å². The van der Waals surface area contributed by atoms with Gasteiger partial charge in [0.05, 0.1) is 12.5 Å². The number of pyridine rings is 1. The number of hydrogen-bond acceptors (Lipinski definition) is 8. The second kappa shape index (κ2) is 15.7. The van der Waals surface area contributed by atoms with Gasteiger partial charge in [-0.15, -0.1) is 12.4 Å². The van der Waals surface area contributed by atoms with Crippen LogP contribution < -0.4 is 14.9 Å². The van der Waals surface area contributed by atoms with Crippen LogP contribution in [0.15, 0.2) is 60.8 Å². The van der Waals surface area contributed by atoms with E-state index in [1.165, 1.54) is 18.3 Å². The van der Waals surface area contributed by atoms with Crippen molar-refractivity contribution in [2.75, 3.05) is 36.1 Å². The van der Waals surface area contributed by atoms with Crippen molar-refractivity contribution in [2.24, 2.45) is 0 Å². The zero-order chi connectivity index (χ0) is 30.1. The average molecular weight is 640 g/mol. The molecular weight excluding hydrogens is 604 g/mol. The summed E-state index contributed by atoms with van der Waals surface area (Å²) in [6, 6.07) is 13.8. The topological polar surface area (TPSA) is 113 Å². The minimum atomic E-state index is -3.40. The van der Waals surface area contributed by atoms with E-state index in [0.29, 0.717) is 18.0 Å². The lowest BCUT2D eigenvalue weighted by atomic mass is 10.0. The zero-order valence-corrected chi connectivity index (χ0v) is 25.6. The third-order valence-corrected chi connectivity index (χ3v) is 7.34. The van der Waals surface area contributed by atoms with Gasteiger partial charge in [0.2, 0.25) is 10.0 Å². The Kier molecular flexibility index (Phi) is 12.3. The number of nitrogens with zero attached hydrogens (tertiary/aromatic N) is 3. The van der Waals surface area contributed by atoms with Gasteiger partial charge in [0.15, 0.2) is 5.82 Å². The van der Waals surface area contributed by atoms with Gasteiger partial charge >= 0.3 is 6.09 Å². The maximum atomic E-state index is 13.9. The summed E-state index contributed by atoms with van der Waals surface area (Å²) in [4.78, 5) is 26.1. The number of aromatic nitrogens is 1. The average Bonchev–Trinajstić information content (AvgIpc) is 2.95. The van der Waals surface area contributed by atoms with Gasteiger partial charge in [0.25, 0.3) is 0 Å². The monoisotopic (exact) mass is 639 g/mol. The van der Waals surface area contributed by atoms with Crippen LogP contribution in [0.25, 0.3) is 0 Å². The van der Waals surface area contributed by atoms with E-state index < -0.39 is 27.8 Å². The van der Waals surface area contributed by atoms with Crippen molar-refractivity contribution in [3.8, 4) is 11.5 Å². The fourth-order valence-electron chi connectivity index (χ4n) is 4.62. The summed E-state index contributed by atoms with van der Waals surface area (Å²) in [7, 11) is -3.40. The number of carbonyl (C=O) groups is 1. The molecule has 0 saturated carbocycles. The number of hydrogen-bond donors (Lipinski definition) is 2. The second-order valence-corrected chi connectivity index (χ2v) is 11.9. The van der Waals surface area contributed by atoms with Gasteiger partial charge in [-0.05, 0) is 61.2 Å². The highest BCUT2D eigenvalue weighted by atomic mass is 35.5. The smallest absolute Gasteiger partial charge is 0.434 e. The first-order chi connectivity index (χ1) is 20.1. The van der Waals surface area contributed by atoms with E-state index in [2.05, 4.69) is 20.1 Å². The SMILES string of the molecule is CCCCN(C(=O)ONc1ccc(F)cc1F)C1CCN(Cc2ccc(Oc3ccc(NS(C)(=O)=O)nc3)cc2)CC1.Cl. The number of ether oxygens (including phenoxy) is 1. The molecule has 14 heteroatoms. The minimum Gasteiger partial charge on any atom is -0.456 e. The molecule has 2 N–H and O–H groups in total. The van der Waals surface area contributed by atoms with E-state index in [4.69, 9.17) is 9.57 Å². The third kappa shape index (κ3) is 10.5. The van der Waals surface area contributed by atoms with Crippen molar-refractivity contribution < 1.29 is 31.6 Å². The lowest BCUT2D eigenvalue weighted by Crippen LogP contribution is -2.48. The second-order valence-electron chi connectivity index (χ2n) is 10.1. The molecule has 0 bridgehead atoms. The molecule has 2 aromatic carbocycles. The highest BCUT2D eigenvalue weighted by Gasteiger charge is 2.29. The summed E-state index contributed by atoms with van der Waals surface area (Å²) in [6.07, 6.45) is 5.17. The molecule has 2 heterocycles. The van der Waals surface area contributed by atoms with Gasteiger partial charge < -0.3 is 14.5 Å². The van der Waals surface area contributed by atoms with E-state index in [-0.39, 0.29) is 30.0 Å². The number of likely N-dealkylation sites (tertiary alicyclic amines) is 1. The van der Waals surface area contributed by atoms with E-state index in [9.17, 15) is 22.0 Å². The predicted octanol–water partition coefficient (Wildman–Crippen LogP) is 6.18. The van der Waals surface area contributed by atoms with E-state index in [1.807, 2.05) is 31.2 Å². The van der Waals surface area contributed by atoms with Gasteiger partial charge in [-0.1, -0.05) is 25.5 Å². The van der Waals surface area contributed by atoms with Gasteiger partial charge in [0.1, 0.15) is 28.8 Å². The van der Waals surface area contributed by atoms with Crippen molar-refractivity contribution in [1.29, 1.82) is 0 Å². The van der Waals surface area contributed by atoms with Crippen molar-refractivity contribution in [2.45, 2.75) is 45.2 Å². The molecule has 1 fully saturated rings. The fourth-order valence-corrected chi connectivity index (χ4v) is 5.12. The predicted molar refractivity (Wildman–Crippen MR) is 163 cm³/mol. The molecule has 0 atom stereocenters. The molecular formula is C29H36ClF2N5O5S.